The first-order chi connectivity index (χ1) is 12.9. The number of ether oxygens (including phenoxy) is 1. The number of rotatable bonds is 5. The van der Waals surface area contributed by atoms with Gasteiger partial charge in [-0.1, -0.05) is 0 Å². The Morgan fingerprint density at radius 1 is 1.11 bits per heavy atom. The number of anilines is 2. The van der Waals surface area contributed by atoms with Crippen LogP contribution in [0.3, 0.4) is 0 Å². The van der Waals surface area contributed by atoms with Crippen LogP contribution < -0.4 is 15.8 Å². The molecule has 0 fully saturated rings. The number of nitrogens with zero attached hydrogens (tertiary/aromatic N) is 1. The molecule has 27 heavy (non-hydrogen) atoms. The maximum atomic E-state index is 13.2. The monoisotopic (exact) mass is 369 g/mol. The third-order valence-corrected chi connectivity index (χ3v) is 3.86. The van der Waals surface area contributed by atoms with Gasteiger partial charge in [0.1, 0.15) is 29.8 Å². The lowest BCUT2D eigenvalue weighted by atomic mass is 10.1. The van der Waals surface area contributed by atoms with E-state index in [-0.39, 0.29) is 18.3 Å². The summed E-state index contributed by atoms with van der Waals surface area (Å²) in [5, 5.41) is 2.74. The standard InChI is InChI=1S/C20H17F2N3O2/c1-12-6-7-24-19(23)18(12)20(26)25-16-2-4-17(5-3-16)27-11-13-8-14(21)10-15(22)9-13/h2-10H,11H2,1H3,(H2,23,24)(H,25,26). The van der Waals surface area contributed by atoms with Crippen LogP contribution in [0.25, 0.3) is 0 Å². The molecule has 0 unspecified atom stereocenters. The Bertz CT molecular complexity index is 935. The van der Waals surface area contributed by atoms with Gasteiger partial charge in [0, 0.05) is 18.0 Å². The number of nitrogen functional groups attached to an aromatic ring is 1. The van der Waals surface area contributed by atoms with Crippen molar-refractivity contribution in [3.63, 3.8) is 0 Å². The summed E-state index contributed by atoms with van der Waals surface area (Å²) in [4.78, 5) is 16.3. The quantitative estimate of drug-likeness (QED) is 0.710. The van der Waals surface area contributed by atoms with E-state index in [0.29, 0.717) is 22.6 Å². The minimum absolute atomic E-state index is 0.0196. The zero-order valence-corrected chi connectivity index (χ0v) is 14.5. The minimum atomic E-state index is -0.656. The molecule has 0 aliphatic carbocycles. The normalized spacial score (nSPS) is 10.5. The lowest BCUT2D eigenvalue weighted by Crippen LogP contribution is -2.16. The molecule has 0 saturated heterocycles. The van der Waals surface area contributed by atoms with E-state index in [1.807, 2.05) is 0 Å². The van der Waals surface area contributed by atoms with Crippen molar-refractivity contribution in [1.82, 2.24) is 4.98 Å². The summed E-state index contributed by atoms with van der Waals surface area (Å²) >= 11 is 0. The highest BCUT2D eigenvalue weighted by Gasteiger charge is 2.14. The molecule has 7 heteroatoms. The number of amides is 1. The van der Waals surface area contributed by atoms with E-state index >= 15 is 0 Å². The predicted molar refractivity (Wildman–Crippen MR) is 98.5 cm³/mol. The highest BCUT2D eigenvalue weighted by molar-refractivity contribution is 6.08. The molecule has 1 heterocycles. The number of benzene rings is 2. The molecule has 1 amide bonds. The maximum Gasteiger partial charge on any atom is 0.259 e. The van der Waals surface area contributed by atoms with Crippen LogP contribution in [-0.4, -0.2) is 10.9 Å². The highest BCUT2D eigenvalue weighted by atomic mass is 19.1. The molecule has 0 saturated carbocycles. The van der Waals surface area contributed by atoms with E-state index < -0.39 is 11.6 Å². The molecule has 0 bridgehead atoms. The summed E-state index contributed by atoms with van der Waals surface area (Å²) in [5.74, 6) is -1.01. The Morgan fingerprint density at radius 2 is 1.78 bits per heavy atom. The van der Waals surface area contributed by atoms with Gasteiger partial charge in [0.25, 0.3) is 5.91 Å². The molecule has 0 radical (unpaired) electrons. The molecule has 0 aliphatic heterocycles. The van der Waals surface area contributed by atoms with Crippen molar-refractivity contribution >= 4 is 17.4 Å². The second-order valence-corrected chi connectivity index (χ2v) is 5.93. The van der Waals surface area contributed by atoms with Crippen LogP contribution in [-0.2, 0) is 6.61 Å². The van der Waals surface area contributed by atoms with Crippen molar-refractivity contribution in [3.05, 3.63) is 83.1 Å². The molecule has 1 aromatic heterocycles. The second-order valence-electron chi connectivity index (χ2n) is 5.93. The SMILES string of the molecule is Cc1ccnc(N)c1C(=O)Nc1ccc(OCc2cc(F)cc(F)c2)cc1. The van der Waals surface area contributed by atoms with Crippen molar-refractivity contribution < 1.29 is 18.3 Å². The molecule has 138 valence electrons. The van der Waals surface area contributed by atoms with Gasteiger partial charge in [-0.3, -0.25) is 4.79 Å². The Balaban J connectivity index is 1.64. The number of nitrogens with one attached hydrogen (secondary N) is 1. The van der Waals surface area contributed by atoms with E-state index in [1.165, 1.54) is 18.3 Å². The molecule has 3 aromatic rings. The number of pyridine rings is 1. The van der Waals surface area contributed by atoms with Gasteiger partial charge in [-0.2, -0.15) is 0 Å². The van der Waals surface area contributed by atoms with Crippen molar-refractivity contribution in [2.24, 2.45) is 0 Å². The van der Waals surface area contributed by atoms with Crippen LogP contribution in [0.2, 0.25) is 0 Å². The van der Waals surface area contributed by atoms with E-state index in [4.69, 9.17) is 10.5 Å². The van der Waals surface area contributed by atoms with E-state index in [2.05, 4.69) is 10.3 Å². The summed E-state index contributed by atoms with van der Waals surface area (Å²) in [6.45, 7) is 1.80. The van der Waals surface area contributed by atoms with Crippen molar-refractivity contribution in [2.75, 3.05) is 11.1 Å². The lowest BCUT2D eigenvalue weighted by molar-refractivity contribution is 0.102. The van der Waals surface area contributed by atoms with Crippen LogP contribution in [0.15, 0.2) is 54.7 Å². The Hall–Kier alpha value is -3.48. The van der Waals surface area contributed by atoms with Crippen LogP contribution in [0.5, 0.6) is 5.75 Å². The fraction of sp³-hybridized carbons (Fsp3) is 0.100. The number of hydrogen-bond acceptors (Lipinski definition) is 4. The lowest BCUT2D eigenvalue weighted by Gasteiger charge is -2.11. The molecular weight excluding hydrogens is 352 g/mol. The Kier molecular flexibility index (Phi) is 5.30. The van der Waals surface area contributed by atoms with Crippen LogP contribution in [0.4, 0.5) is 20.3 Å². The van der Waals surface area contributed by atoms with Crippen LogP contribution >= 0.6 is 0 Å². The summed E-state index contributed by atoms with van der Waals surface area (Å²) in [5.41, 5.74) is 7.75. The second kappa shape index (κ2) is 7.82. The molecule has 3 N–H and O–H groups in total. The predicted octanol–water partition coefficient (Wildman–Crippen LogP) is 4.08. The van der Waals surface area contributed by atoms with E-state index in [1.54, 1.807) is 37.3 Å². The summed E-state index contributed by atoms with van der Waals surface area (Å²) in [6, 6.07) is 11.5. The van der Waals surface area contributed by atoms with Gasteiger partial charge in [0.05, 0.1) is 5.56 Å². The minimum Gasteiger partial charge on any atom is -0.489 e. The zero-order chi connectivity index (χ0) is 19.4. The average Bonchev–Trinajstić information content (AvgIpc) is 2.60. The van der Waals surface area contributed by atoms with E-state index in [0.717, 1.165) is 11.6 Å². The van der Waals surface area contributed by atoms with Gasteiger partial charge in [0.15, 0.2) is 0 Å². The van der Waals surface area contributed by atoms with E-state index in [9.17, 15) is 13.6 Å². The van der Waals surface area contributed by atoms with Gasteiger partial charge in [-0.25, -0.2) is 13.8 Å². The topological polar surface area (TPSA) is 77.2 Å². The third kappa shape index (κ3) is 4.58. The molecule has 0 aliphatic rings. The number of aromatic nitrogens is 1. The Morgan fingerprint density at radius 3 is 2.41 bits per heavy atom. The van der Waals surface area contributed by atoms with Gasteiger partial charge < -0.3 is 15.8 Å². The number of halogens is 2. The van der Waals surface area contributed by atoms with Gasteiger partial charge in [-0.05, 0) is 60.5 Å². The molecule has 2 aromatic carbocycles. The number of carbonyl (C=O) groups excluding carboxylic acids is 1. The van der Waals surface area contributed by atoms with Gasteiger partial charge in [0.2, 0.25) is 0 Å². The van der Waals surface area contributed by atoms with Crippen molar-refractivity contribution in [3.8, 4) is 5.75 Å². The first-order valence-corrected chi connectivity index (χ1v) is 8.12. The van der Waals surface area contributed by atoms with Gasteiger partial charge in [-0.15, -0.1) is 0 Å². The summed E-state index contributed by atoms with van der Waals surface area (Å²) in [7, 11) is 0. The molecule has 5 nitrogen and oxygen atoms in total. The number of carbonyl (C=O) groups is 1. The molecule has 0 spiro atoms. The van der Waals surface area contributed by atoms with Crippen molar-refractivity contribution in [1.29, 1.82) is 0 Å². The summed E-state index contributed by atoms with van der Waals surface area (Å²) < 4.78 is 31.9. The largest absolute Gasteiger partial charge is 0.489 e. The number of nitrogens with two attached hydrogens (primary N) is 1. The third-order valence-electron chi connectivity index (χ3n) is 3.86. The number of hydrogen-bond donors (Lipinski definition) is 2. The first kappa shape index (κ1) is 18.3. The van der Waals surface area contributed by atoms with Crippen LogP contribution in [0, 0.1) is 18.6 Å². The van der Waals surface area contributed by atoms with Crippen LogP contribution in [0.1, 0.15) is 21.5 Å². The first-order valence-electron chi connectivity index (χ1n) is 8.12. The highest BCUT2D eigenvalue weighted by Crippen LogP contribution is 2.20. The fourth-order valence-corrected chi connectivity index (χ4v) is 2.56. The maximum absolute atomic E-state index is 13.2. The molecule has 3 rings (SSSR count). The average molecular weight is 369 g/mol. The zero-order valence-electron chi connectivity index (χ0n) is 14.5. The summed E-state index contributed by atoms with van der Waals surface area (Å²) in [6.07, 6.45) is 1.54. The van der Waals surface area contributed by atoms with Crippen molar-refractivity contribution in [2.45, 2.75) is 13.5 Å². The number of aryl methyl sites for hydroxylation is 1. The smallest absolute Gasteiger partial charge is 0.259 e. The van der Waals surface area contributed by atoms with Gasteiger partial charge >= 0.3 is 0 Å². The fourth-order valence-electron chi connectivity index (χ4n) is 2.56. The molecular formula is C20H17F2N3O2. The Labute approximate surface area is 154 Å². The molecule has 0 atom stereocenters.